The van der Waals surface area contributed by atoms with Gasteiger partial charge in [-0.25, -0.2) is 4.99 Å². The SMILES string of the molecule is CCNC(=NCC(=O)N1CCc2ccccc2C1)N1CCC(c2ccccc2)C1. The number of nitrogens with one attached hydrogen (secondary N) is 1. The van der Waals surface area contributed by atoms with Crippen molar-refractivity contribution in [3.63, 3.8) is 0 Å². The first-order valence-corrected chi connectivity index (χ1v) is 10.7. The number of carbonyl (C=O) groups is 1. The summed E-state index contributed by atoms with van der Waals surface area (Å²) in [5.41, 5.74) is 4.00. The lowest BCUT2D eigenvalue weighted by molar-refractivity contribution is -0.130. The summed E-state index contributed by atoms with van der Waals surface area (Å²) in [5, 5.41) is 3.38. The third-order valence-corrected chi connectivity index (χ3v) is 5.94. The van der Waals surface area contributed by atoms with Gasteiger partial charge in [-0.15, -0.1) is 0 Å². The predicted molar refractivity (Wildman–Crippen MR) is 117 cm³/mol. The highest BCUT2D eigenvalue weighted by molar-refractivity contribution is 5.85. The molecule has 0 aromatic heterocycles. The lowest BCUT2D eigenvalue weighted by atomic mass is 9.99. The zero-order valence-electron chi connectivity index (χ0n) is 17.2. The largest absolute Gasteiger partial charge is 0.357 e. The molecule has 152 valence electrons. The summed E-state index contributed by atoms with van der Waals surface area (Å²) < 4.78 is 0. The number of rotatable bonds is 4. The second kappa shape index (κ2) is 9.12. The van der Waals surface area contributed by atoms with Crippen LogP contribution < -0.4 is 5.32 Å². The minimum absolute atomic E-state index is 0.105. The van der Waals surface area contributed by atoms with Crippen molar-refractivity contribution in [3.05, 3.63) is 71.3 Å². The fraction of sp³-hybridized carbons (Fsp3) is 0.417. The monoisotopic (exact) mass is 390 g/mol. The predicted octanol–water partition coefficient (Wildman–Crippen LogP) is 3.03. The topological polar surface area (TPSA) is 47.9 Å². The first kappa shape index (κ1) is 19.5. The van der Waals surface area contributed by atoms with Crippen molar-refractivity contribution in [1.29, 1.82) is 0 Å². The van der Waals surface area contributed by atoms with Gasteiger partial charge in [-0.1, -0.05) is 54.6 Å². The summed E-state index contributed by atoms with van der Waals surface area (Å²) >= 11 is 0. The Balaban J connectivity index is 1.38. The van der Waals surface area contributed by atoms with Crippen molar-refractivity contribution in [2.75, 3.05) is 32.7 Å². The standard InChI is InChI=1S/C24H30N4O/c1-2-25-24(28-15-13-22(18-28)19-8-4-3-5-9-19)26-16-23(29)27-14-12-20-10-6-7-11-21(20)17-27/h3-11,22H,2,12-18H2,1H3,(H,25,26). The summed E-state index contributed by atoms with van der Waals surface area (Å²) in [6.07, 6.45) is 2.04. The van der Waals surface area contributed by atoms with Gasteiger partial charge in [-0.3, -0.25) is 4.79 Å². The molecule has 2 aromatic carbocycles. The Morgan fingerprint density at radius 1 is 1.03 bits per heavy atom. The number of amides is 1. The number of carbonyl (C=O) groups excluding carboxylic acids is 1. The summed E-state index contributed by atoms with van der Waals surface area (Å²) in [7, 11) is 0. The average Bonchev–Trinajstić information content (AvgIpc) is 3.27. The van der Waals surface area contributed by atoms with E-state index in [2.05, 4.69) is 65.7 Å². The molecule has 5 heteroatoms. The zero-order valence-corrected chi connectivity index (χ0v) is 17.2. The number of nitrogens with zero attached hydrogens (tertiary/aromatic N) is 3. The summed E-state index contributed by atoms with van der Waals surface area (Å²) in [6, 6.07) is 19.1. The molecule has 1 saturated heterocycles. The minimum Gasteiger partial charge on any atom is -0.357 e. The van der Waals surface area contributed by atoms with Crippen LogP contribution in [0.3, 0.4) is 0 Å². The fourth-order valence-corrected chi connectivity index (χ4v) is 4.33. The first-order chi connectivity index (χ1) is 14.2. The Morgan fingerprint density at radius 3 is 2.59 bits per heavy atom. The van der Waals surface area contributed by atoms with E-state index >= 15 is 0 Å². The van der Waals surface area contributed by atoms with Crippen LogP contribution in [0.2, 0.25) is 0 Å². The summed E-state index contributed by atoms with van der Waals surface area (Å²) in [5.74, 6) is 1.49. The molecule has 0 radical (unpaired) electrons. The molecule has 0 aliphatic carbocycles. The first-order valence-electron chi connectivity index (χ1n) is 10.7. The van der Waals surface area contributed by atoms with Crippen LogP contribution in [0.25, 0.3) is 0 Å². The number of likely N-dealkylation sites (tertiary alicyclic amines) is 1. The van der Waals surface area contributed by atoms with Crippen molar-refractivity contribution in [3.8, 4) is 0 Å². The van der Waals surface area contributed by atoms with Crippen LogP contribution in [-0.4, -0.2) is 54.4 Å². The Labute approximate surface area is 173 Å². The number of hydrogen-bond acceptors (Lipinski definition) is 2. The van der Waals surface area contributed by atoms with Gasteiger partial charge in [0.15, 0.2) is 5.96 Å². The van der Waals surface area contributed by atoms with E-state index in [1.807, 2.05) is 11.0 Å². The van der Waals surface area contributed by atoms with Gasteiger partial charge in [-0.05, 0) is 36.5 Å². The van der Waals surface area contributed by atoms with Gasteiger partial charge in [0, 0.05) is 38.6 Å². The van der Waals surface area contributed by atoms with Gasteiger partial charge >= 0.3 is 0 Å². The Morgan fingerprint density at radius 2 is 1.79 bits per heavy atom. The highest BCUT2D eigenvalue weighted by atomic mass is 16.2. The Hall–Kier alpha value is -2.82. The fourth-order valence-electron chi connectivity index (χ4n) is 4.33. The molecule has 29 heavy (non-hydrogen) atoms. The van der Waals surface area contributed by atoms with E-state index in [9.17, 15) is 4.79 Å². The van der Waals surface area contributed by atoms with Gasteiger partial charge in [0.25, 0.3) is 0 Å². The van der Waals surface area contributed by atoms with E-state index in [0.717, 1.165) is 45.0 Å². The molecule has 1 amide bonds. The molecule has 1 fully saturated rings. The van der Waals surface area contributed by atoms with Crippen molar-refractivity contribution in [2.24, 2.45) is 4.99 Å². The van der Waals surface area contributed by atoms with E-state index in [-0.39, 0.29) is 12.5 Å². The van der Waals surface area contributed by atoms with E-state index in [0.29, 0.717) is 12.5 Å². The van der Waals surface area contributed by atoms with Gasteiger partial charge in [0.1, 0.15) is 6.54 Å². The molecule has 2 aliphatic heterocycles. The van der Waals surface area contributed by atoms with E-state index in [1.165, 1.54) is 16.7 Å². The van der Waals surface area contributed by atoms with Gasteiger partial charge in [-0.2, -0.15) is 0 Å². The summed E-state index contributed by atoms with van der Waals surface area (Å²) in [6.45, 7) is 6.47. The van der Waals surface area contributed by atoms with Crippen LogP contribution in [0.15, 0.2) is 59.6 Å². The van der Waals surface area contributed by atoms with Crippen LogP contribution in [-0.2, 0) is 17.8 Å². The van der Waals surface area contributed by atoms with Crippen LogP contribution in [0, 0.1) is 0 Å². The minimum atomic E-state index is 0.105. The third-order valence-electron chi connectivity index (χ3n) is 5.94. The van der Waals surface area contributed by atoms with E-state index in [4.69, 9.17) is 4.99 Å². The molecule has 0 saturated carbocycles. The van der Waals surface area contributed by atoms with E-state index < -0.39 is 0 Å². The molecular weight excluding hydrogens is 360 g/mol. The second-order valence-electron chi connectivity index (χ2n) is 7.85. The maximum Gasteiger partial charge on any atom is 0.244 e. The Bertz CT molecular complexity index is 864. The molecule has 0 spiro atoms. The van der Waals surface area contributed by atoms with Crippen molar-refractivity contribution in [2.45, 2.75) is 32.2 Å². The van der Waals surface area contributed by atoms with E-state index in [1.54, 1.807) is 0 Å². The quantitative estimate of drug-likeness (QED) is 0.645. The normalized spacial score (nSPS) is 19.2. The maximum absolute atomic E-state index is 12.8. The molecule has 5 nitrogen and oxygen atoms in total. The molecule has 1 N–H and O–H groups in total. The maximum atomic E-state index is 12.8. The number of guanidine groups is 1. The lowest BCUT2D eigenvalue weighted by Crippen LogP contribution is -2.42. The molecule has 2 aliphatic rings. The molecule has 2 heterocycles. The van der Waals surface area contributed by atoms with Crippen molar-refractivity contribution >= 4 is 11.9 Å². The molecular formula is C24H30N4O. The third kappa shape index (κ3) is 4.61. The van der Waals surface area contributed by atoms with Crippen molar-refractivity contribution < 1.29 is 4.79 Å². The Kier molecular flexibility index (Phi) is 6.13. The molecule has 1 unspecified atom stereocenters. The molecule has 2 aromatic rings. The van der Waals surface area contributed by atoms with Crippen LogP contribution in [0.1, 0.15) is 36.0 Å². The second-order valence-corrected chi connectivity index (χ2v) is 7.85. The summed E-state index contributed by atoms with van der Waals surface area (Å²) in [4.78, 5) is 21.7. The highest BCUT2D eigenvalue weighted by Gasteiger charge is 2.26. The lowest BCUT2D eigenvalue weighted by Gasteiger charge is -2.28. The number of fused-ring (bicyclic) bond motifs is 1. The molecule has 4 rings (SSSR count). The van der Waals surface area contributed by atoms with Crippen LogP contribution in [0.4, 0.5) is 0 Å². The molecule has 1 atom stereocenters. The average molecular weight is 391 g/mol. The van der Waals surface area contributed by atoms with Gasteiger partial charge in [0.05, 0.1) is 0 Å². The highest BCUT2D eigenvalue weighted by Crippen LogP contribution is 2.27. The zero-order chi connectivity index (χ0) is 20.1. The smallest absolute Gasteiger partial charge is 0.244 e. The molecule has 0 bridgehead atoms. The van der Waals surface area contributed by atoms with Gasteiger partial charge < -0.3 is 15.1 Å². The van der Waals surface area contributed by atoms with Crippen molar-refractivity contribution in [1.82, 2.24) is 15.1 Å². The van der Waals surface area contributed by atoms with Gasteiger partial charge in [0.2, 0.25) is 5.91 Å². The number of aliphatic imine (C=N–C) groups is 1. The van der Waals surface area contributed by atoms with Crippen LogP contribution >= 0.6 is 0 Å². The van der Waals surface area contributed by atoms with Crippen LogP contribution in [0.5, 0.6) is 0 Å². The number of hydrogen-bond donors (Lipinski definition) is 1. The number of benzene rings is 2.